The molecule has 7 heteroatoms. The Morgan fingerprint density at radius 3 is 2.64 bits per heavy atom. The van der Waals surface area contributed by atoms with Crippen LogP contribution in [0.2, 0.25) is 0 Å². The molecule has 0 unspecified atom stereocenters. The van der Waals surface area contributed by atoms with Crippen LogP contribution in [0, 0.1) is 11.8 Å². The number of nitrogens with two attached hydrogens (primary N) is 2. The molecule has 5 aromatic rings. The van der Waals surface area contributed by atoms with Crippen LogP contribution < -0.4 is 11.5 Å². The number of thiophene rings is 1. The number of fused-ring (bicyclic) bond motifs is 2. The normalized spacial score (nSPS) is 10.4. The number of rotatable bonds is 3. The van der Waals surface area contributed by atoms with Gasteiger partial charge < -0.3 is 11.5 Å². The number of aromatic nitrogens is 3. The van der Waals surface area contributed by atoms with Crippen molar-refractivity contribution in [1.82, 2.24) is 14.6 Å². The Bertz CT molecular complexity index is 1510. The Morgan fingerprint density at radius 2 is 1.94 bits per heavy atom. The third-order valence-corrected chi connectivity index (χ3v) is 6.40. The number of hydrogen-bond donors (Lipinski definition) is 2. The molecule has 3 heterocycles. The fourth-order valence-electron chi connectivity index (χ4n) is 3.68. The number of benzene rings is 2. The van der Waals surface area contributed by atoms with E-state index in [9.17, 15) is 4.79 Å². The van der Waals surface area contributed by atoms with Crippen LogP contribution in [0.4, 0.5) is 5.82 Å². The van der Waals surface area contributed by atoms with Crippen molar-refractivity contribution in [2.45, 2.75) is 20.3 Å². The molecule has 0 aliphatic heterocycles. The Hall–Kier alpha value is -4.15. The van der Waals surface area contributed by atoms with Gasteiger partial charge in [0.1, 0.15) is 5.56 Å². The van der Waals surface area contributed by atoms with Crippen LogP contribution in [-0.4, -0.2) is 20.5 Å². The molecule has 0 spiro atoms. The lowest BCUT2D eigenvalue weighted by Gasteiger charge is -2.03. The number of nitrogen functional groups attached to an aromatic ring is 1. The van der Waals surface area contributed by atoms with E-state index in [0.717, 1.165) is 12.0 Å². The molecule has 0 atom stereocenters. The smallest absolute Gasteiger partial charge is 0.256 e. The van der Waals surface area contributed by atoms with Crippen LogP contribution in [-0.2, 0) is 6.42 Å². The van der Waals surface area contributed by atoms with Gasteiger partial charge >= 0.3 is 0 Å². The maximum atomic E-state index is 10.9. The van der Waals surface area contributed by atoms with Crippen molar-refractivity contribution in [3.63, 3.8) is 0 Å². The topological polar surface area (TPSA) is 99.3 Å². The summed E-state index contributed by atoms with van der Waals surface area (Å²) in [7, 11) is 0. The number of anilines is 1. The van der Waals surface area contributed by atoms with Gasteiger partial charge in [0, 0.05) is 38.5 Å². The lowest BCUT2D eigenvalue weighted by molar-refractivity contribution is 0.100. The molecule has 0 bridgehead atoms. The van der Waals surface area contributed by atoms with Crippen LogP contribution in [0.25, 0.3) is 26.9 Å². The number of carbonyl (C=O) groups is 1. The lowest BCUT2D eigenvalue weighted by Crippen LogP contribution is -2.12. The van der Waals surface area contributed by atoms with Gasteiger partial charge in [0.25, 0.3) is 5.91 Å². The summed E-state index contributed by atoms with van der Waals surface area (Å²) < 4.78 is 2.76. The van der Waals surface area contributed by atoms with Crippen molar-refractivity contribution < 1.29 is 4.79 Å². The number of nitrogens with zero attached hydrogens (tertiary/aromatic N) is 3. The van der Waals surface area contributed by atoms with E-state index in [1.807, 2.05) is 18.3 Å². The molecule has 2 aromatic carbocycles. The first-order chi connectivity index (χ1) is 16.0. The monoisotopic (exact) mass is 453 g/mol. The third kappa shape index (κ3) is 4.43. The Morgan fingerprint density at radius 1 is 1.15 bits per heavy atom. The van der Waals surface area contributed by atoms with Crippen molar-refractivity contribution in [3.8, 4) is 23.0 Å². The molecule has 0 saturated heterocycles. The number of primary amides is 1. The largest absolute Gasteiger partial charge is 0.381 e. The van der Waals surface area contributed by atoms with Gasteiger partial charge in [-0.3, -0.25) is 4.79 Å². The van der Waals surface area contributed by atoms with Crippen LogP contribution in [0.15, 0.2) is 67.0 Å². The third-order valence-electron chi connectivity index (χ3n) is 5.08. The molecule has 6 nitrogen and oxygen atoms in total. The van der Waals surface area contributed by atoms with Crippen molar-refractivity contribution in [1.29, 1.82) is 0 Å². The SMILES string of the molecule is CC#Cc1ccc2sc(CC)c(-c3ccccc3)c2c1.NC(=O)c1c(N)nn2cccnc12. The second-order valence-corrected chi connectivity index (χ2v) is 8.35. The minimum atomic E-state index is -0.619. The number of amides is 1. The standard InChI is InChI=1S/C19H16S.C7H7N5O/c1-3-8-14-11-12-18-16(13-14)19(17(4-2)20-18)15-9-6-5-7-10-15;8-5-4(6(9)13)7-10-2-1-3-12(7)11-5/h5-7,9-13H,4H2,1-2H3;1-3H,(H2,8,11)(H2,9,13). The Balaban J connectivity index is 0.000000172. The molecule has 1 amide bonds. The second-order valence-electron chi connectivity index (χ2n) is 7.22. The van der Waals surface area contributed by atoms with Crippen molar-refractivity contribution in [2.75, 3.05) is 5.73 Å². The van der Waals surface area contributed by atoms with E-state index < -0.39 is 5.91 Å². The van der Waals surface area contributed by atoms with Gasteiger partial charge in [-0.15, -0.1) is 22.4 Å². The molecule has 4 N–H and O–H groups in total. The predicted octanol–water partition coefficient (Wildman–Crippen LogP) is 4.91. The van der Waals surface area contributed by atoms with Crippen LogP contribution in [0.3, 0.4) is 0 Å². The first-order valence-corrected chi connectivity index (χ1v) is 11.3. The van der Waals surface area contributed by atoms with E-state index in [1.165, 1.54) is 30.6 Å². The maximum absolute atomic E-state index is 10.9. The molecular weight excluding hydrogens is 430 g/mol. The number of aryl methyl sites for hydroxylation is 1. The first-order valence-electron chi connectivity index (χ1n) is 10.5. The van der Waals surface area contributed by atoms with Crippen LogP contribution in [0.1, 0.15) is 34.6 Å². The molecule has 0 aliphatic rings. The molecule has 0 radical (unpaired) electrons. The number of carbonyl (C=O) groups excluding carboxylic acids is 1. The highest BCUT2D eigenvalue weighted by Crippen LogP contribution is 2.39. The fraction of sp³-hybridized carbons (Fsp3) is 0.115. The van der Waals surface area contributed by atoms with E-state index in [-0.39, 0.29) is 11.4 Å². The molecule has 0 fully saturated rings. The summed E-state index contributed by atoms with van der Waals surface area (Å²) in [6.45, 7) is 4.11. The first kappa shape index (κ1) is 22.1. The molecule has 3 aromatic heterocycles. The van der Waals surface area contributed by atoms with E-state index in [1.54, 1.807) is 18.5 Å². The highest BCUT2D eigenvalue weighted by atomic mass is 32.1. The van der Waals surface area contributed by atoms with Gasteiger partial charge in [0.15, 0.2) is 11.5 Å². The van der Waals surface area contributed by atoms with Gasteiger partial charge in [-0.25, -0.2) is 9.50 Å². The molecule has 0 aliphatic carbocycles. The molecule has 5 rings (SSSR count). The summed E-state index contributed by atoms with van der Waals surface area (Å²) in [5.41, 5.74) is 14.9. The molecule has 33 heavy (non-hydrogen) atoms. The van der Waals surface area contributed by atoms with Gasteiger partial charge in [-0.2, -0.15) is 0 Å². The zero-order chi connectivity index (χ0) is 23.4. The Kier molecular flexibility index (Phi) is 6.38. The average Bonchev–Trinajstić information content (AvgIpc) is 3.36. The summed E-state index contributed by atoms with van der Waals surface area (Å²) >= 11 is 1.90. The van der Waals surface area contributed by atoms with E-state index >= 15 is 0 Å². The van der Waals surface area contributed by atoms with Gasteiger partial charge in [-0.1, -0.05) is 43.2 Å². The lowest BCUT2D eigenvalue weighted by atomic mass is 10.00. The van der Waals surface area contributed by atoms with Gasteiger partial charge in [0.2, 0.25) is 0 Å². The van der Waals surface area contributed by atoms with Gasteiger partial charge in [0.05, 0.1) is 0 Å². The highest BCUT2D eigenvalue weighted by molar-refractivity contribution is 7.19. The Labute approximate surface area is 195 Å². The molecule has 164 valence electrons. The van der Waals surface area contributed by atoms with Crippen molar-refractivity contribution in [2.24, 2.45) is 5.73 Å². The summed E-state index contributed by atoms with van der Waals surface area (Å²) in [6, 6.07) is 18.9. The summed E-state index contributed by atoms with van der Waals surface area (Å²) in [5, 5.41) is 5.20. The zero-order valence-corrected chi connectivity index (χ0v) is 19.2. The van der Waals surface area contributed by atoms with E-state index in [0.29, 0.717) is 5.65 Å². The van der Waals surface area contributed by atoms with E-state index in [2.05, 4.69) is 77.4 Å². The number of hydrogen-bond acceptors (Lipinski definition) is 5. The minimum absolute atomic E-state index is 0.103. The van der Waals surface area contributed by atoms with Crippen molar-refractivity contribution >= 4 is 38.8 Å². The second kappa shape index (κ2) is 9.55. The minimum Gasteiger partial charge on any atom is -0.381 e. The summed E-state index contributed by atoms with van der Waals surface area (Å²) in [6.07, 6.45) is 4.26. The van der Waals surface area contributed by atoms with Crippen molar-refractivity contribution in [3.05, 3.63) is 83.0 Å². The van der Waals surface area contributed by atoms with E-state index in [4.69, 9.17) is 11.5 Å². The zero-order valence-electron chi connectivity index (χ0n) is 18.4. The average molecular weight is 454 g/mol. The summed E-state index contributed by atoms with van der Waals surface area (Å²) in [5.74, 6) is 5.63. The van der Waals surface area contributed by atoms with Crippen LogP contribution >= 0.6 is 11.3 Å². The fourth-order valence-corrected chi connectivity index (χ4v) is 4.83. The van der Waals surface area contributed by atoms with Crippen LogP contribution in [0.5, 0.6) is 0 Å². The quantitative estimate of drug-likeness (QED) is 0.379. The maximum Gasteiger partial charge on any atom is 0.256 e. The highest BCUT2D eigenvalue weighted by Gasteiger charge is 2.15. The molecule has 0 saturated carbocycles. The predicted molar refractivity (Wildman–Crippen MR) is 135 cm³/mol. The summed E-state index contributed by atoms with van der Waals surface area (Å²) in [4.78, 5) is 16.3. The molecular formula is C26H23N5OS. The van der Waals surface area contributed by atoms with Gasteiger partial charge in [-0.05, 0) is 43.2 Å².